The fourth-order valence-corrected chi connectivity index (χ4v) is 5.81. The molecule has 1 aliphatic heterocycles. The minimum absolute atomic E-state index is 0.0456. The summed E-state index contributed by atoms with van der Waals surface area (Å²) < 4.78 is 7.85. The molecule has 1 saturated heterocycles. The molecule has 194 valence electrons. The van der Waals surface area contributed by atoms with Crippen LogP contribution in [0.5, 0.6) is 5.75 Å². The molecule has 1 aromatic carbocycles. The van der Waals surface area contributed by atoms with Crippen molar-refractivity contribution in [2.45, 2.75) is 84.6 Å². The molecule has 0 unspecified atom stereocenters. The fraction of sp³-hybridized carbons (Fsp3) is 0.552. The third kappa shape index (κ3) is 5.51. The van der Waals surface area contributed by atoms with Gasteiger partial charge in [-0.2, -0.15) is 0 Å². The van der Waals surface area contributed by atoms with Gasteiger partial charge in [0.15, 0.2) is 0 Å². The van der Waals surface area contributed by atoms with Gasteiger partial charge in [-0.3, -0.25) is 4.79 Å². The lowest BCUT2D eigenvalue weighted by molar-refractivity contribution is -0.132. The summed E-state index contributed by atoms with van der Waals surface area (Å²) in [4.78, 5) is 24.0. The number of rotatable bonds is 5. The van der Waals surface area contributed by atoms with Crippen LogP contribution in [0.3, 0.4) is 0 Å². The number of piperidine rings is 1. The topological polar surface area (TPSA) is 60.2 Å². The van der Waals surface area contributed by atoms with Gasteiger partial charge >= 0.3 is 0 Å². The van der Waals surface area contributed by atoms with Crippen molar-refractivity contribution in [3.8, 4) is 16.3 Å². The van der Waals surface area contributed by atoms with Gasteiger partial charge in [-0.1, -0.05) is 41.5 Å². The Kier molecular flexibility index (Phi) is 7.33. The number of benzene rings is 1. The molecule has 4 rings (SSSR count). The van der Waals surface area contributed by atoms with Crippen molar-refractivity contribution >= 4 is 17.2 Å². The Morgan fingerprint density at radius 1 is 1.08 bits per heavy atom. The number of carbonyl (C=O) groups excluding carboxylic acids is 1. The van der Waals surface area contributed by atoms with E-state index in [1.54, 1.807) is 31.0 Å². The van der Waals surface area contributed by atoms with Gasteiger partial charge in [-0.05, 0) is 42.7 Å². The van der Waals surface area contributed by atoms with Gasteiger partial charge in [0, 0.05) is 53.0 Å². The Bertz CT molecular complexity index is 1190. The highest BCUT2D eigenvalue weighted by atomic mass is 32.1. The monoisotopic (exact) mass is 508 g/mol. The number of nitrogens with zero attached hydrogens (tertiary/aromatic N) is 4. The van der Waals surface area contributed by atoms with Gasteiger partial charge in [0.2, 0.25) is 5.91 Å². The van der Waals surface area contributed by atoms with Crippen LogP contribution in [-0.2, 0) is 22.2 Å². The van der Waals surface area contributed by atoms with E-state index in [4.69, 9.17) is 9.72 Å². The van der Waals surface area contributed by atoms with Crippen molar-refractivity contribution in [3.05, 3.63) is 52.6 Å². The van der Waals surface area contributed by atoms with E-state index in [0.29, 0.717) is 12.5 Å². The van der Waals surface area contributed by atoms with Crippen LogP contribution in [0.4, 0.5) is 0 Å². The Morgan fingerprint density at radius 2 is 1.69 bits per heavy atom. The van der Waals surface area contributed by atoms with Crippen LogP contribution in [-0.4, -0.2) is 45.5 Å². The molecular weight excluding hydrogens is 468 g/mol. The highest BCUT2D eigenvalue weighted by molar-refractivity contribution is 7.13. The molecule has 1 aliphatic rings. The Labute approximate surface area is 219 Å². The highest BCUT2D eigenvalue weighted by Crippen LogP contribution is 2.43. The summed E-state index contributed by atoms with van der Waals surface area (Å²) in [7, 11) is 1.77. The molecule has 0 N–H and O–H groups in total. The molecule has 3 aromatic rings. The van der Waals surface area contributed by atoms with Crippen LogP contribution in [0.2, 0.25) is 0 Å². The molecule has 0 bridgehead atoms. The predicted molar refractivity (Wildman–Crippen MR) is 147 cm³/mol. The van der Waals surface area contributed by atoms with Crippen molar-refractivity contribution in [2.75, 3.05) is 20.2 Å². The number of ether oxygens (including phenoxy) is 1. The number of imidazole rings is 1. The fourth-order valence-electron chi connectivity index (χ4n) is 4.92. The molecule has 3 heterocycles. The Balaban J connectivity index is 1.52. The second-order valence-corrected chi connectivity index (χ2v) is 12.9. The van der Waals surface area contributed by atoms with Crippen molar-refractivity contribution < 1.29 is 9.53 Å². The third-order valence-corrected chi connectivity index (χ3v) is 8.08. The van der Waals surface area contributed by atoms with Crippen molar-refractivity contribution in [1.29, 1.82) is 0 Å². The maximum atomic E-state index is 12.8. The maximum Gasteiger partial charge on any atom is 0.242 e. The van der Waals surface area contributed by atoms with Crippen molar-refractivity contribution in [1.82, 2.24) is 19.4 Å². The van der Waals surface area contributed by atoms with E-state index in [0.717, 1.165) is 53.6 Å². The summed E-state index contributed by atoms with van der Waals surface area (Å²) in [5, 5.41) is 3.27. The van der Waals surface area contributed by atoms with Crippen LogP contribution in [0.25, 0.3) is 10.6 Å². The molecular formula is C29H40N4O2S. The molecule has 1 amide bonds. The molecule has 0 radical (unpaired) electrons. The van der Waals surface area contributed by atoms with Gasteiger partial charge in [0.1, 0.15) is 17.3 Å². The number of amides is 1. The SMILES string of the molecule is COc1c(C(C)(C)C)cc(-c2nc(C3CCN(C(=O)Cn4cncc4C)CC3)cs2)cc1C(C)(C)C. The van der Waals surface area contributed by atoms with E-state index >= 15 is 0 Å². The first-order valence-electron chi connectivity index (χ1n) is 12.8. The van der Waals surface area contributed by atoms with Crippen LogP contribution >= 0.6 is 11.3 Å². The zero-order valence-electron chi connectivity index (χ0n) is 23.0. The van der Waals surface area contributed by atoms with E-state index in [1.165, 1.54) is 11.1 Å². The van der Waals surface area contributed by atoms with Crippen molar-refractivity contribution in [3.63, 3.8) is 0 Å². The minimum Gasteiger partial charge on any atom is -0.496 e. The van der Waals surface area contributed by atoms with Gasteiger partial charge in [0.05, 0.1) is 19.1 Å². The maximum absolute atomic E-state index is 12.8. The first-order valence-corrected chi connectivity index (χ1v) is 13.7. The number of thiazole rings is 1. The lowest BCUT2D eigenvalue weighted by Gasteiger charge is -2.31. The highest BCUT2D eigenvalue weighted by Gasteiger charge is 2.29. The van der Waals surface area contributed by atoms with E-state index in [-0.39, 0.29) is 16.7 Å². The average molecular weight is 509 g/mol. The molecule has 0 saturated carbocycles. The van der Waals surface area contributed by atoms with Crippen LogP contribution in [0.15, 0.2) is 30.0 Å². The van der Waals surface area contributed by atoms with Crippen LogP contribution in [0.1, 0.15) is 82.8 Å². The van der Waals surface area contributed by atoms with E-state index < -0.39 is 0 Å². The smallest absolute Gasteiger partial charge is 0.242 e. The Morgan fingerprint density at radius 3 is 2.19 bits per heavy atom. The molecule has 0 aliphatic carbocycles. The summed E-state index contributed by atoms with van der Waals surface area (Å²) in [6, 6.07) is 4.52. The zero-order valence-corrected chi connectivity index (χ0v) is 23.8. The normalized spacial score (nSPS) is 15.4. The number of carbonyl (C=O) groups is 1. The van der Waals surface area contributed by atoms with E-state index in [2.05, 4.69) is 64.0 Å². The first-order chi connectivity index (χ1) is 16.9. The molecule has 0 atom stereocenters. The third-order valence-electron chi connectivity index (χ3n) is 7.17. The van der Waals surface area contributed by atoms with Gasteiger partial charge in [-0.15, -0.1) is 11.3 Å². The van der Waals surface area contributed by atoms with Crippen LogP contribution in [0, 0.1) is 6.92 Å². The summed E-state index contributed by atoms with van der Waals surface area (Å²) in [6.07, 6.45) is 5.41. The second kappa shape index (κ2) is 10.0. The summed E-state index contributed by atoms with van der Waals surface area (Å²) in [5.74, 6) is 1.53. The minimum atomic E-state index is -0.0456. The van der Waals surface area contributed by atoms with Crippen molar-refractivity contribution in [2.24, 2.45) is 0 Å². The lowest BCUT2D eigenvalue weighted by atomic mass is 9.78. The lowest BCUT2D eigenvalue weighted by Crippen LogP contribution is -2.39. The number of hydrogen-bond donors (Lipinski definition) is 0. The Hall–Kier alpha value is -2.67. The summed E-state index contributed by atoms with van der Waals surface area (Å²) in [6.45, 7) is 17.3. The van der Waals surface area contributed by atoms with E-state index in [9.17, 15) is 4.79 Å². The summed E-state index contributed by atoms with van der Waals surface area (Å²) in [5.41, 5.74) is 5.65. The predicted octanol–water partition coefficient (Wildman–Crippen LogP) is 6.32. The molecule has 1 fully saturated rings. The second-order valence-electron chi connectivity index (χ2n) is 12.0. The van der Waals surface area contributed by atoms with Gasteiger partial charge in [-0.25, -0.2) is 9.97 Å². The van der Waals surface area contributed by atoms with Gasteiger partial charge in [0.25, 0.3) is 0 Å². The van der Waals surface area contributed by atoms with Gasteiger partial charge < -0.3 is 14.2 Å². The molecule has 36 heavy (non-hydrogen) atoms. The largest absolute Gasteiger partial charge is 0.496 e. The molecule has 7 heteroatoms. The molecule has 0 spiro atoms. The quantitative estimate of drug-likeness (QED) is 0.404. The zero-order chi connectivity index (χ0) is 26.3. The number of hydrogen-bond acceptors (Lipinski definition) is 5. The van der Waals surface area contributed by atoms with Crippen LogP contribution < -0.4 is 4.74 Å². The number of aromatic nitrogens is 3. The average Bonchev–Trinajstić information content (AvgIpc) is 3.46. The number of aryl methyl sites for hydroxylation is 1. The number of likely N-dealkylation sites (tertiary alicyclic amines) is 1. The number of methoxy groups -OCH3 is 1. The summed E-state index contributed by atoms with van der Waals surface area (Å²) >= 11 is 1.72. The van der Waals surface area contributed by atoms with E-state index in [1.807, 2.05) is 16.4 Å². The standard InChI is InChI=1S/C29H40N4O2S/c1-19-15-30-18-33(19)16-25(34)32-11-9-20(10-12-32)24-17-36-27(31-24)21-13-22(28(2,3)4)26(35-8)23(14-21)29(5,6)7/h13-15,17-18,20H,9-12,16H2,1-8H3. The molecule has 6 nitrogen and oxygen atoms in total. The molecule has 2 aromatic heterocycles. The first kappa shape index (κ1) is 26.4.